The molecule has 0 spiro atoms. The van der Waals surface area contributed by atoms with Gasteiger partial charge in [0, 0.05) is 24.4 Å². The van der Waals surface area contributed by atoms with Gasteiger partial charge in [-0.1, -0.05) is 114 Å². The minimum Gasteiger partial charge on any atom is -0.416 e. The van der Waals surface area contributed by atoms with E-state index in [9.17, 15) is 0 Å². The Labute approximate surface area is 282 Å². The Hall–Kier alpha value is -3.16. The highest BCUT2D eigenvalue weighted by atomic mass is 32.1. The maximum absolute atomic E-state index is 7.27. The molecule has 1 unspecified atom stereocenters. The largest absolute Gasteiger partial charge is 0.416 e. The number of para-hydroxylation sites is 2. The van der Waals surface area contributed by atoms with E-state index in [1.54, 1.807) is 0 Å². The normalized spacial score (nSPS) is 15.3. The van der Waals surface area contributed by atoms with E-state index in [4.69, 9.17) is 14.4 Å². The summed E-state index contributed by atoms with van der Waals surface area (Å²) in [6, 6.07) is 35.3. The molecule has 0 saturated heterocycles. The predicted octanol–water partition coefficient (Wildman–Crippen LogP) is 11.8. The van der Waals surface area contributed by atoms with E-state index in [1.807, 2.05) is 22.7 Å². The summed E-state index contributed by atoms with van der Waals surface area (Å²) in [5.41, 5.74) is 7.23. The summed E-state index contributed by atoms with van der Waals surface area (Å²) >= 11 is 3.68. The summed E-state index contributed by atoms with van der Waals surface area (Å²) in [7, 11) is -2.18. The fourth-order valence-corrected chi connectivity index (χ4v) is 13.7. The van der Waals surface area contributed by atoms with Crippen LogP contribution in [0.25, 0.3) is 31.6 Å². The smallest absolute Gasteiger partial charge is 0.200 e. The number of hydrogen-bond acceptors (Lipinski definition) is 5. The summed E-state index contributed by atoms with van der Waals surface area (Å²) in [6.45, 7) is 17.4. The van der Waals surface area contributed by atoms with E-state index in [0.29, 0.717) is 6.61 Å². The Morgan fingerprint density at radius 1 is 0.674 bits per heavy atom. The number of thiazole rings is 2. The second kappa shape index (κ2) is 11.5. The highest BCUT2D eigenvalue weighted by Crippen LogP contribution is 2.59. The lowest BCUT2D eigenvalue weighted by molar-refractivity contribution is 0.231. The molecule has 0 saturated carbocycles. The molecule has 4 aromatic carbocycles. The highest BCUT2D eigenvalue weighted by Gasteiger charge is 2.53. The van der Waals surface area contributed by atoms with Crippen molar-refractivity contribution in [3.8, 4) is 11.1 Å². The topological polar surface area (TPSA) is 35.0 Å². The van der Waals surface area contributed by atoms with E-state index in [-0.39, 0.29) is 21.4 Å². The standard InChI is InChI=1S/C40H44N2OS2Si/c1-38(2,3)46(7,39(4,5)6)43-25-24-31(37-42-33-21-13-15-23-35(33)45-37)40(26-36-41-32-20-12-14-22-34(32)44-36)29-18-10-8-16-27(29)28-17-9-11-19-30(28)40/h8-23,31H,24-26H2,1-7H3. The molecule has 6 heteroatoms. The van der Waals surface area contributed by atoms with Crippen molar-refractivity contribution < 1.29 is 4.43 Å². The van der Waals surface area contributed by atoms with Gasteiger partial charge in [0.15, 0.2) is 8.32 Å². The molecule has 0 N–H and O–H groups in total. The van der Waals surface area contributed by atoms with Crippen LogP contribution in [-0.4, -0.2) is 24.9 Å². The maximum Gasteiger partial charge on any atom is 0.200 e. The first kappa shape index (κ1) is 31.4. The average Bonchev–Trinajstić information content (AvgIpc) is 3.71. The maximum atomic E-state index is 7.27. The fourth-order valence-electron chi connectivity index (χ4n) is 7.84. The molecule has 46 heavy (non-hydrogen) atoms. The van der Waals surface area contributed by atoms with E-state index >= 15 is 0 Å². The SMILES string of the molecule is CC(C)(C)[Si](C)(OCCC(c1nc2ccccc2s1)C1(Cc2nc3ccccc3s2)c2ccccc2-c2ccccc21)C(C)(C)C. The first-order chi connectivity index (χ1) is 21.9. The number of rotatable bonds is 8. The third-order valence-corrected chi connectivity index (χ3v) is 19.4. The van der Waals surface area contributed by atoms with Gasteiger partial charge < -0.3 is 4.43 Å². The minimum atomic E-state index is -2.18. The van der Waals surface area contributed by atoms with Gasteiger partial charge in [0.2, 0.25) is 0 Å². The highest BCUT2D eigenvalue weighted by molar-refractivity contribution is 7.19. The molecule has 236 valence electrons. The summed E-state index contributed by atoms with van der Waals surface area (Å²) in [4.78, 5) is 10.6. The molecule has 2 heterocycles. The van der Waals surface area contributed by atoms with Gasteiger partial charge in [-0.15, -0.1) is 22.7 Å². The van der Waals surface area contributed by atoms with Gasteiger partial charge in [-0.3, -0.25) is 0 Å². The molecule has 0 amide bonds. The fraction of sp³-hybridized carbons (Fsp3) is 0.350. The number of fused-ring (bicyclic) bond motifs is 5. The quantitative estimate of drug-likeness (QED) is 0.152. The molecule has 0 bridgehead atoms. The zero-order valence-electron chi connectivity index (χ0n) is 28.1. The summed E-state index contributed by atoms with van der Waals surface area (Å²) in [5.74, 6) is 0.0971. The van der Waals surface area contributed by atoms with Crippen LogP contribution in [0.1, 0.15) is 75.0 Å². The predicted molar refractivity (Wildman–Crippen MR) is 200 cm³/mol. The van der Waals surface area contributed by atoms with Crippen molar-refractivity contribution in [3.63, 3.8) is 0 Å². The van der Waals surface area contributed by atoms with E-state index < -0.39 is 8.32 Å². The van der Waals surface area contributed by atoms with Gasteiger partial charge in [-0.25, -0.2) is 9.97 Å². The molecule has 1 aliphatic carbocycles. The van der Waals surface area contributed by atoms with Crippen molar-refractivity contribution in [2.24, 2.45) is 0 Å². The van der Waals surface area contributed by atoms with Crippen LogP contribution in [0.4, 0.5) is 0 Å². The third-order valence-electron chi connectivity index (χ3n) is 10.7. The number of aromatic nitrogens is 2. The van der Waals surface area contributed by atoms with Gasteiger partial charge in [-0.05, 0) is 69.6 Å². The summed E-state index contributed by atoms with van der Waals surface area (Å²) in [6.07, 6.45) is 1.69. The van der Waals surface area contributed by atoms with E-state index in [0.717, 1.165) is 23.9 Å². The molecule has 6 aromatic rings. The Bertz CT molecular complexity index is 1900. The van der Waals surface area contributed by atoms with Crippen LogP contribution < -0.4 is 0 Å². The van der Waals surface area contributed by atoms with Crippen molar-refractivity contribution in [3.05, 3.63) is 118 Å². The Morgan fingerprint density at radius 3 is 1.72 bits per heavy atom. The zero-order chi connectivity index (χ0) is 32.3. The van der Waals surface area contributed by atoms with Crippen molar-refractivity contribution in [2.45, 2.75) is 82.3 Å². The number of benzene rings is 4. The molecule has 1 atom stereocenters. The first-order valence-electron chi connectivity index (χ1n) is 16.5. The van der Waals surface area contributed by atoms with Crippen LogP contribution in [0.15, 0.2) is 97.1 Å². The Balaban J connectivity index is 1.43. The number of nitrogens with zero attached hydrogens (tertiary/aromatic N) is 2. The summed E-state index contributed by atoms with van der Waals surface area (Å²) < 4.78 is 9.74. The monoisotopic (exact) mass is 660 g/mol. The van der Waals surface area contributed by atoms with Crippen LogP contribution in [0.3, 0.4) is 0 Å². The second-order valence-electron chi connectivity index (χ2n) is 15.1. The summed E-state index contributed by atoms with van der Waals surface area (Å²) in [5, 5.41) is 2.56. The minimum absolute atomic E-state index is 0.0971. The van der Waals surface area contributed by atoms with Gasteiger partial charge in [0.05, 0.1) is 30.4 Å². The molecule has 7 rings (SSSR count). The van der Waals surface area contributed by atoms with Crippen molar-refractivity contribution >= 4 is 51.4 Å². The van der Waals surface area contributed by atoms with Crippen molar-refractivity contribution in [2.75, 3.05) is 6.61 Å². The van der Waals surface area contributed by atoms with Gasteiger partial charge in [0.1, 0.15) is 0 Å². The molecular weight excluding hydrogens is 617 g/mol. The molecular formula is C40H44N2OS2Si. The molecule has 0 fully saturated rings. The molecule has 2 aromatic heterocycles. The number of hydrogen-bond donors (Lipinski definition) is 0. The van der Waals surface area contributed by atoms with Gasteiger partial charge in [0.25, 0.3) is 0 Å². The lowest BCUT2D eigenvalue weighted by atomic mass is 9.65. The second-order valence-corrected chi connectivity index (χ2v) is 22.6. The van der Waals surface area contributed by atoms with Crippen LogP contribution in [-0.2, 0) is 16.3 Å². The average molecular weight is 661 g/mol. The molecule has 0 radical (unpaired) electrons. The van der Waals surface area contributed by atoms with Gasteiger partial charge in [-0.2, -0.15) is 0 Å². The van der Waals surface area contributed by atoms with Gasteiger partial charge >= 0.3 is 0 Å². The third kappa shape index (κ3) is 5.09. The van der Waals surface area contributed by atoms with E-state index in [2.05, 4.69) is 145 Å². The first-order valence-corrected chi connectivity index (χ1v) is 20.5. The van der Waals surface area contributed by atoms with E-state index in [1.165, 1.54) is 41.7 Å². The lowest BCUT2D eigenvalue weighted by Gasteiger charge is -2.49. The molecule has 1 aliphatic rings. The Kier molecular flexibility index (Phi) is 7.87. The van der Waals surface area contributed by atoms with Crippen molar-refractivity contribution in [1.29, 1.82) is 0 Å². The van der Waals surface area contributed by atoms with Crippen molar-refractivity contribution in [1.82, 2.24) is 9.97 Å². The Morgan fingerprint density at radius 2 is 1.17 bits per heavy atom. The van der Waals surface area contributed by atoms with Crippen LogP contribution >= 0.6 is 22.7 Å². The van der Waals surface area contributed by atoms with Crippen LogP contribution in [0.5, 0.6) is 0 Å². The molecule has 0 aliphatic heterocycles. The van der Waals surface area contributed by atoms with Crippen LogP contribution in [0.2, 0.25) is 16.6 Å². The zero-order valence-corrected chi connectivity index (χ0v) is 30.7. The lowest BCUT2D eigenvalue weighted by Crippen LogP contribution is -2.52. The van der Waals surface area contributed by atoms with Crippen LogP contribution in [0, 0.1) is 0 Å². The molecule has 3 nitrogen and oxygen atoms in total.